The van der Waals surface area contributed by atoms with Gasteiger partial charge < -0.3 is 14.8 Å². The predicted molar refractivity (Wildman–Crippen MR) is 70.8 cm³/mol. The van der Waals surface area contributed by atoms with Gasteiger partial charge >= 0.3 is 0 Å². The number of nitrogens with one attached hydrogen (secondary N) is 1. The van der Waals surface area contributed by atoms with Gasteiger partial charge in [0.15, 0.2) is 6.29 Å². The van der Waals surface area contributed by atoms with Gasteiger partial charge in [-0.1, -0.05) is 35.3 Å². The molecule has 0 aliphatic rings. The molecule has 0 bridgehead atoms. The van der Waals surface area contributed by atoms with Crippen LogP contribution < -0.4 is 5.32 Å². The van der Waals surface area contributed by atoms with Crippen molar-refractivity contribution in [3.8, 4) is 0 Å². The van der Waals surface area contributed by atoms with Crippen LogP contribution in [0.2, 0.25) is 10.0 Å². The molecular formula is C12H17Cl2NO2. The monoisotopic (exact) mass is 277 g/mol. The van der Waals surface area contributed by atoms with E-state index in [9.17, 15) is 0 Å². The van der Waals surface area contributed by atoms with Gasteiger partial charge in [0.2, 0.25) is 0 Å². The van der Waals surface area contributed by atoms with Crippen molar-refractivity contribution in [2.45, 2.75) is 18.8 Å². The minimum atomic E-state index is -0.324. The Hall–Kier alpha value is -0.320. The minimum Gasteiger partial charge on any atom is -0.354 e. The highest BCUT2D eigenvalue weighted by Gasteiger charge is 2.20. The fourth-order valence-corrected chi connectivity index (χ4v) is 2.10. The molecule has 0 aromatic heterocycles. The maximum Gasteiger partial charge on any atom is 0.172 e. The van der Waals surface area contributed by atoms with E-state index in [2.05, 4.69) is 5.32 Å². The quantitative estimate of drug-likeness (QED) is 0.812. The van der Waals surface area contributed by atoms with Crippen LogP contribution in [-0.4, -0.2) is 33.6 Å². The topological polar surface area (TPSA) is 30.5 Å². The summed E-state index contributed by atoms with van der Waals surface area (Å²) in [7, 11) is 5.07. The molecule has 1 aromatic rings. The number of methoxy groups -OCH3 is 2. The SMILES string of the molecule is CNC(Cc1cccc(Cl)c1Cl)C(OC)OC. The standard InChI is InChI=1S/C12H17Cl2NO2/c1-15-10(12(16-2)17-3)7-8-5-4-6-9(13)11(8)14/h4-6,10,12,15H,7H2,1-3H3. The molecule has 1 rings (SSSR count). The molecule has 1 aromatic carbocycles. The lowest BCUT2D eigenvalue weighted by Crippen LogP contribution is -2.41. The molecule has 1 N–H and O–H groups in total. The lowest BCUT2D eigenvalue weighted by molar-refractivity contribution is -0.121. The highest BCUT2D eigenvalue weighted by molar-refractivity contribution is 6.42. The zero-order valence-electron chi connectivity index (χ0n) is 10.2. The number of ether oxygens (including phenoxy) is 2. The Morgan fingerprint density at radius 3 is 2.41 bits per heavy atom. The van der Waals surface area contributed by atoms with Crippen molar-refractivity contribution in [1.29, 1.82) is 0 Å². The van der Waals surface area contributed by atoms with Crippen molar-refractivity contribution in [2.24, 2.45) is 0 Å². The summed E-state index contributed by atoms with van der Waals surface area (Å²) in [6.45, 7) is 0. The average molecular weight is 278 g/mol. The van der Waals surface area contributed by atoms with Crippen LogP contribution >= 0.6 is 23.2 Å². The van der Waals surface area contributed by atoms with Gasteiger partial charge in [-0.25, -0.2) is 0 Å². The molecule has 1 unspecified atom stereocenters. The normalized spacial score (nSPS) is 13.1. The molecule has 5 heteroatoms. The van der Waals surface area contributed by atoms with Gasteiger partial charge in [-0.05, 0) is 25.1 Å². The van der Waals surface area contributed by atoms with E-state index in [0.29, 0.717) is 16.5 Å². The molecule has 0 aliphatic heterocycles. The number of hydrogen-bond donors (Lipinski definition) is 1. The Labute approximate surface area is 112 Å². The van der Waals surface area contributed by atoms with Crippen molar-refractivity contribution in [2.75, 3.05) is 21.3 Å². The number of benzene rings is 1. The Morgan fingerprint density at radius 1 is 1.24 bits per heavy atom. The van der Waals surface area contributed by atoms with E-state index in [4.69, 9.17) is 32.7 Å². The van der Waals surface area contributed by atoms with E-state index in [1.165, 1.54) is 0 Å². The molecule has 0 spiro atoms. The van der Waals surface area contributed by atoms with E-state index in [0.717, 1.165) is 5.56 Å². The third kappa shape index (κ3) is 3.83. The average Bonchev–Trinajstić information content (AvgIpc) is 2.34. The molecule has 1 atom stereocenters. The van der Waals surface area contributed by atoms with E-state index in [1.807, 2.05) is 19.2 Å². The van der Waals surface area contributed by atoms with Gasteiger partial charge in [-0.15, -0.1) is 0 Å². The first-order chi connectivity index (χ1) is 8.13. The summed E-state index contributed by atoms with van der Waals surface area (Å²) < 4.78 is 10.5. The molecule has 0 heterocycles. The van der Waals surface area contributed by atoms with Crippen LogP contribution in [0.4, 0.5) is 0 Å². The Kier molecular flexibility index (Phi) is 6.23. The first-order valence-electron chi connectivity index (χ1n) is 5.29. The van der Waals surface area contributed by atoms with Crippen LogP contribution in [0.25, 0.3) is 0 Å². The summed E-state index contributed by atoms with van der Waals surface area (Å²) in [6, 6.07) is 5.61. The maximum atomic E-state index is 6.14. The van der Waals surface area contributed by atoms with E-state index in [-0.39, 0.29) is 12.3 Å². The second-order valence-electron chi connectivity index (χ2n) is 3.65. The fraction of sp³-hybridized carbons (Fsp3) is 0.500. The zero-order chi connectivity index (χ0) is 12.8. The number of hydrogen-bond acceptors (Lipinski definition) is 3. The molecule has 96 valence electrons. The van der Waals surface area contributed by atoms with E-state index >= 15 is 0 Å². The Morgan fingerprint density at radius 2 is 1.88 bits per heavy atom. The second-order valence-corrected chi connectivity index (χ2v) is 4.44. The van der Waals surface area contributed by atoms with E-state index < -0.39 is 0 Å². The van der Waals surface area contributed by atoms with Crippen LogP contribution in [0.15, 0.2) is 18.2 Å². The first kappa shape index (κ1) is 14.7. The molecule has 0 amide bonds. The van der Waals surface area contributed by atoms with Crippen molar-refractivity contribution in [1.82, 2.24) is 5.32 Å². The van der Waals surface area contributed by atoms with Crippen LogP contribution in [0.3, 0.4) is 0 Å². The Bertz CT molecular complexity index is 356. The van der Waals surface area contributed by atoms with Gasteiger partial charge in [0.25, 0.3) is 0 Å². The highest BCUT2D eigenvalue weighted by Crippen LogP contribution is 2.26. The van der Waals surface area contributed by atoms with Crippen LogP contribution in [0, 0.1) is 0 Å². The van der Waals surface area contributed by atoms with Crippen molar-refractivity contribution >= 4 is 23.2 Å². The second kappa shape index (κ2) is 7.19. The molecule has 0 aliphatic carbocycles. The highest BCUT2D eigenvalue weighted by atomic mass is 35.5. The lowest BCUT2D eigenvalue weighted by atomic mass is 10.1. The molecule has 0 radical (unpaired) electrons. The van der Waals surface area contributed by atoms with Gasteiger partial charge in [0.05, 0.1) is 16.1 Å². The van der Waals surface area contributed by atoms with E-state index in [1.54, 1.807) is 20.3 Å². The van der Waals surface area contributed by atoms with Gasteiger partial charge in [0, 0.05) is 14.2 Å². The van der Waals surface area contributed by atoms with Gasteiger partial charge in [-0.3, -0.25) is 0 Å². The predicted octanol–water partition coefficient (Wildman–Crippen LogP) is 2.74. The summed E-state index contributed by atoms with van der Waals surface area (Å²) in [4.78, 5) is 0. The third-order valence-corrected chi connectivity index (χ3v) is 3.49. The van der Waals surface area contributed by atoms with Crippen LogP contribution in [0.1, 0.15) is 5.56 Å². The summed E-state index contributed by atoms with van der Waals surface area (Å²) in [5.41, 5.74) is 0.970. The largest absolute Gasteiger partial charge is 0.354 e. The smallest absolute Gasteiger partial charge is 0.172 e. The fourth-order valence-electron chi connectivity index (χ4n) is 1.70. The van der Waals surface area contributed by atoms with Crippen molar-refractivity contribution in [3.05, 3.63) is 33.8 Å². The van der Waals surface area contributed by atoms with Gasteiger partial charge in [0.1, 0.15) is 0 Å². The zero-order valence-corrected chi connectivity index (χ0v) is 11.7. The maximum absolute atomic E-state index is 6.14. The third-order valence-electron chi connectivity index (χ3n) is 2.64. The minimum absolute atomic E-state index is 0.0148. The number of halogens is 2. The van der Waals surface area contributed by atoms with Crippen LogP contribution in [0.5, 0.6) is 0 Å². The molecule has 3 nitrogen and oxygen atoms in total. The molecule has 17 heavy (non-hydrogen) atoms. The summed E-state index contributed by atoms with van der Waals surface area (Å²) >= 11 is 12.1. The first-order valence-corrected chi connectivity index (χ1v) is 6.05. The number of rotatable bonds is 6. The Balaban J connectivity index is 2.83. The van der Waals surface area contributed by atoms with Gasteiger partial charge in [-0.2, -0.15) is 0 Å². The summed E-state index contributed by atoms with van der Waals surface area (Å²) in [5.74, 6) is 0. The molecular weight excluding hydrogens is 261 g/mol. The van der Waals surface area contributed by atoms with Crippen molar-refractivity contribution in [3.63, 3.8) is 0 Å². The van der Waals surface area contributed by atoms with Crippen molar-refractivity contribution < 1.29 is 9.47 Å². The molecule has 0 saturated heterocycles. The summed E-state index contributed by atoms with van der Waals surface area (Å²) in [5, 5.41) is 4.29. The summed E-state index contributed by atoms with van der Waals surface area (Å²) in [6.07, 6.45) is 0.359. The molecule has 0 fully saturated rings. The molecule has 0 saturated carbocycles. The lowest BCUT2D eigenvalue weighted by Gasteiger charge is -2.24. The van der Waals surface area contributed by atoms with Crippen LogP contribution in [-0.2, 0) is 15.9 Å². The number of likely N-dealkylation sites (N-methyl/N-ethyl adjacent to an activating group) is 1.